The molecule has 3 N–H and O–H groups in total. The maximum Gasteiger partial charge on any atom is 0.253 e. The summed E-state index contributed by atoms with van der Waals surface area (Å²) in [5.74, 6) is -0.0620. The van der Waals surface area contributed by atoms with E-state index in [1.807, 2.05) is 14.1 Å². The van der Waals surface area contributed by atoms with Crippen molar-refractivity contribution in [2.75, 3.05) is 24.7 Å². The molecule has 0 radical (unpaired) electrons. The normalized spacial score (nSPS) is 16.2. The van der Waals surface area contributed by atoms with Crippen molar-refractivity contribution in [3.05, 3.63) is 59.5 Å². The van der Waals surface area contributed by atoms with Gasteiger partial charge in [0.25, 0.3) is 10.9 Å². The van der Waals surface area contributed by atoms with Gasteiger partial charge in [-0.15, -0.1) is 11.3 Å². The quantitative estimate of drug-likeness (QED) is 0.290. The van der Waals surface area contributed by atoms with E-state index in [0.717, 1.165) is 19.3 Å². The Morgan fingerprint density at radius 2 is 1.97 bits per heavy atom. The van der Waals surface area contributed by atoms with Crippen LogP contribution in [0, 0.1) is 0 Å². The van der Waals surface area contributed by atoms with Crippen molar-refractivity contribution in [2.24, 2.45) is 0 Å². The van der Waals surface area contributed by atoms with Crippen molar-refractivity contribution in [3.63, 3.8) is 0 Å². The van der Waals surface area contributed by atoms with Gasteiger partial charge in [-0.3, -0.25) is 13.9 Å². The minimum absolute atomic E-state index is 0.00697. The number of hydrogen-bond donors (Lipinski definition) is 3. The molecule has 0 saturated carbocycles. The zero-order chi connectivity index (χ0) is 20.7. The highest BCUT2D eigenvalue weighted by Crippen LogP contribution is 2.43. The average molecular weight is 450 g/mol. The summed E-state index contributed by atoms with van der Waals surface area (Å²) < 4.78 is 1.80. The minimum atomic E-state index is -0.593. The molecule has 0 fully saturated rings. The molecule has 1 aromatic heterocycles. The van der Waals surface area contributed by atoms with Crippen LogP contribution in [0.1, 0.15) is 29.3 Å². The van der Waals surface area contributed by atoms with E-state index < -0.39 is 10.9 Å². The lowest BCUT2D eigenvalue weighted by molar-refractivity contribution is 0.464. The Kier molecular flexibility index (Phi) is 5.61. The van der Waals surface area contributed by atoms with Gasteiger partial charge in [0, 0.05) is 4.88 Å². The van der Waals surface area contributed by atoms with Crippen molar-refractivity contribution in [1.82, 2.24) is 4.31 Å². The molecular formula is C20H20ClN3O3S2. The van der Waals surface area contributed by atoms with Gasteiger partial charge >= 0.3 is 0 Å². The molecule has 1 unspecified atom stereocenters. The molecule has 0 aliphatic heterocycles. The van der Waals surface area contributed by atoms with Crippen LogP contribution < -0.4 is 21.5 Å². The van der Waals surface area contributed by atoms with Crippen molar-refractivity contribution in [1.29, 1.82) is 0 Å². The third-order valence-electron chi connectivity index (χ3n) is 4.90. The van der Waals surface area contributed by atoms with Crippen LogP contribution in [-0.2, 0) is 6.42 Å². The second-order valence-corrected chi connectivity index (χ2v) is 9.83. The Morgan fingerprint density at radius 3 is 2.72 bits per heavy atom. The van der Waals surface area contributed by atoms with Gasteiger partial charge < -0.3 is 15.7 Å². The number of nitrogens with one attached hydrogen (secondary N) is 2. The SMILES string of the molecule is CN(C)Sc1c(Cl)ccc(Nc2c(NC3CCCc4sccc43)c(=O)c2=O)c1O. The van der Waals surface area contributed by atoms with Crippen LogP contribution in [0.3, 0.4) is 0 Å². The number of halogens is 1. The van der Waals surface area contributed by atoms with Gasteiger partial charge in [0.2, 0.25) is 0 Å². The molecular weight excluding hydrogens is 430 g/mol. The molecule has 0 spiro atoms. The Bertz CT molecular complexity index is 1130. The van der Waals surface area contributed by atoms with Crippen LogP contribution >= 0.6 is 34.9 Å². The highest BCUT2D eigenvalue weighted by molar-refractivity contribution is 7.97. The van der Waals surface area contributed by atoms with Crippen LogP contribution in [0.2, 0.25) is 5.02 Å². The molecule has 1 atom stereocenters. The second kappa shape index (κ2) is 8.02. The molecule has 1 aliphatic rings. The first-order chi connectivity index (χ1) is 13.9. The van der Waals surface area contributed by atoms with Gasteiger partial charge in [0.15, 0.2) is 5.75 Å². The van der Waals surface area contributed by atoms with E-state index in [1.54, 1.807) is 27.8 Å². The fraction of sp³-hybridized carbons (Fsp3) is 0.300. The lowest BCUT2D eigenvalue weighted by atomic mass is 9.93. The van der Waals surface area contributed by atoms with Gasteiger partial charge in [-0.25, -0.2) is 0 Å². The van der Waals surface area contributed by atoms with E-state index >= 15 is 0 Å². The lowest BCUT2D eigenvalue weighted by Crippen LogP contribution is -2.37. The number of phenolic OH excluding ortho intramolecular Hbond substituents is 1. The molecule has 4 rings (SSSR count). The molecule has 3 aromatic rings. The summed E-state index contributed by atoms with van der Waals surface area (Å²) in [6, 6.07) is 5.32. The first-order valence-electron chi connectivity index (χ1n) is 9.16. The summed E-state index contributed by atoms with van der Waals surface area (Å²) in [4.78, 5) is 26.3. The van der Waals surface area contributed by atoms with Crippen molar-refractivity contribution in [2.45, 2.75) is 30.2 Å². The summed E-state index contributed by atoms with van der Waals surface area (Å²) in [6.45, 7) is 0. The van der Waals surface area contributed by atoms with Gasteiger partial charge in [0.05, 0.1) is 21.6 Å². The number of anilines is 3. The molecule has 6 nitrogen and oxygen atoms in total. The van der Waals surface area contributed by atoms with E-state index in [2.05, 4.69) is 22.1 Å². The first-order valence-corrected chi connectivity index (χ1v) is 11.2. The van der Waals surface area contributed by atoms with Gasteiger partial charge in [-0.1, -0.05) is 11.6 Å². The zero-order valence-corrected chi connectivity index (χ0v) is 18.3. The van der Waals surface area contributed by atoms with Crippen molar-refractivity contribution in [3.8, 4) is 5.75 Å². The van der Waals surface area contributed by atoms with E-state index in [9.17, 15) is 14.7 Å². The smallest absolute Gasteiger partial charge is 0.253 e. The monoisotopic (exact) mass is 449 g/mol. The van der Waals surface area contributed by atoms with E-state index in [-0.39, 0.29) is 23.2 Å². The molecule has 2 aromatic carbocycles. The molecule has 29 heavy (non-hydrogen) atoms. The average Bonchev–Trinajstić information content (AvgIpc) is 3.18. The summed E-state index contributed by atoms with van der Waals surface area (Å²) in [7, 11) is 3.67. The fourth-order valence-electron chi connectivity index (χ4n) is 3.51. The number of aryl methyl sites for hydroxylation is 1. The highest BCUT2D eigenvalue weighted by atomic mass is 35.5. The van der Waals surface area contributed by atoms with E-state index in [1.165, 1.54) is 22.4 Å². The van der Waals surface area contributed by atoms with E-state index in [4.69, 9.17) is 11.6 Å². The summed E-state index contributed by atoms with van der Waals surface area (Å²) >= 11 is 9.19. The Morgan fingerprint density at radius 1 is 1.21 bits per heavy atom. The third-order valence-corrected chi connectivity index (χ3v) is 7.28. The Labute approximate surface area is 181 Å². The predicted octanol–water partition coefficient (Wildman–Crippen LogP) is 4.50. The number of nitrogens with zero attached hydrogens (tertiary/aromatic N) is 1. The second-order valence-electron chi connectivity index (χ2n) is 7.10. The topological polar surface area (TPSA) is 81.7 Å². The number of aromatic hydroxyl groups is 1. The number of rotatable bonds is 6. The minimum Gasteiger partial charge on any atom is -0.505 e. The summed E-state index contributed by atoms with van der Waals surface area (Å²) in [5, 5.41) is 19.3. The van der Waals surface area contributed by atoms with Crippen LogP contribution in [0.15, 0.2) is 38.1 Å². The zero-order valence-electron chi connectivity index (χ0n) is 15.9. The third kappa shape index (κ3) is 3.77. The van der Waals surface area contributed by atoms with Gasteiger partial charge in [-0.2, -0.15) is 0 Å². The fourth-order valence-corrected chi connectivity index (χ4v) is 5.47. The predicted molar refractivity (Wildman–Crippen MR) is 121 cm³/mol. The Balaban J connectivity index is 1.62. The van der Waals surface area contributed by atoms with Crippen LogP contribution in [0.25, 0.3) is 0 Å². The van der Waals surface area contributed by atoms with Gasteiger partial charge in [0.1, 0.15) is 11.4 Å². The lowest BCUT2D eigenvalue weighted by Gasteiger charge is -2.26. The molecule has 0 bridgehead atoms. The van der Waals surface area contributed by atoms with Crippen LogP contribution in [-0.4, -0.2) is 23.5 Å². The molecule has 9 heteroatoms. The Hall–Kier alpha value is -2.00. The van der Waals surface area contributed by atoms with E-state index in [0.29, 0.717) is 15.6 Å². The maximum atomic E-state index is 12.2. The summed E-state index contributed by atoms with van der Waals surface area (Å²) in [5.41, 5.74) is 0.843. The maximum absolute atomic E-state index is 12.2. The molecule has 1 heterocycles. The van der Waals surface area contributed by atoms with Crippen LogP contribution in [0.4, 0.5) is 17.1 Å². The first kappa shape index (κ1) is 20.3. The largest absolute Gasteiger partial charge is 0.505 e. The molecule has 0 saturated heterocycles. The molecule has 0 amide bonds. The number of hydrogen-bond acceptors (Lipinski definition) is 8. The summed E-state index contributed by atoms with van der Waals surface area (Å²) in [6.07, 6.45) is 2.98. The van der Waals surface area contributed by atoms with Crippen LogP contribution in [0.5, 0.6) is 5.75 Å². The standard InChI is InChI=1S/C20H20ClN3O3S2/c1-24(2)29-20-11(21)6-7-13(17(20)25)23-16-15(18(26)19(16)27)22-12-4-3-5-14-10(12)8-9-28-14/h6-9,12,22-23,25H,3-5H2,1-2H3. The number of thiophene rings is 1. The van der Waals surface area contributed by atoms with Crippen molar-refractivity contribution >= 4 is 51.9 Å². The van der Waals surface area contributed by atoms with Crippen molar-refractivity contribution < 1.29 is 5.11 Å². The van der Waals surface area contributed by atoms with Gasteiger partial charge in [-0.05, 0) is 74.4 Å². The molecule has 1 aliphatic carbocycles. The highest BCUT2D eigenvalue weighted by Gasteiger charge is 2.28. The number of benzene rings is 1. The number of phenols is 1. The number of fused-ring (bicyclic) bond motifs is 1. The molecule has 152 valence electrons.